The van der Waals surface area contributed by atoms with Gasteiger partial charge in [-0.1, -0.05) is 17.7 Å². The molecule has 0 heterocycles. The van der Waals surface area contributed by atoms with E-state index in [9.17, 15) is 4.79 Å². The first-order chi connectivity index (χ1) is 5.65. The fourth-order valence-corrected chi connectivity index (χ4v) is 1.06. The lowest BCUT2D eigenvalue weighted by Gasteiger charge is -2.02. The van der Waals surface area contributed by atoms with Crippen LogP contribution in [0, 0.1) is 0 Å². The van der Waals surface area contributed by atoms with Gasteiger partial charge in [-0.2, -0.15) is 0 Å². The molecular formula is C7H6BClO3. The monoisotopic (exact) mass is 184 g/mol. The quantitative estimate of drug-likeness (QED) is 0.496. The minimum atomic E-state index is -1.66. The minimum Gasteiger partial charge on any atom is -0.423 e. The van der Waals surface area contributed by atoms with E-state index in [1.54, 1.807) is 0 Å². The first-order valence-electron chi connectivity index (χ1n) is 3.26. The average molecular weight is 184 g/mol. The largest absolute Gasteiger partial charge is 0.489 e. The van der Waals surface area contributed by atoms with Gasteiger partial charge in [0.1, 0.15) is 6.29 Å². The Morgan fingerprint density at radius 3 is 2.58 bits per heavy atom. The van der Waals surface area contributed by atoms with Crippen LogP contribution in [0.5, 0.6) is 0 Å². The Balaban J connectivity index is 3.21. The second-order valence-corrected chi connectivity index (χ2v) is 2.70. The van der Waals surface area contributed by atoms with Crippen LogP contribution in [0.1, 0.15) is 10.4 Å². The van der Waals surface area contributed by atoms with Gasteiger partial charge >= 0.3 is 7.12 Å². The Hall–Kier alpha value is -0.835. The van der Waals surface area contributed by atoms with Gasteiger partial charge in [-0.25, -0.2) is 0 Å². The van der Waals surface area contributed by atoms with E-state index in [2.05, 4.69) is 0 Å². The van der Waals surface area contributed by atoms with Gasteiger partial charge in [-0.15, -0.1) is 0 Å². The van der Waals surface area contributed by atoms with E-state index in [4.69, 9.17) is 21.6 Å². The second kappa shape index (κ2) is 3.71. The topological polar surface area (TPSA) is 57.5 Å². The molecule has 0 saturated carbocycles. The van der Waals surface area contributed by atoms with Crippen LogP contribution in [0.3, 0.4) is 0 Å². The van der Waals surface area contributed by atoms with E-state index in [0.29, 0.717) is 11.3 Å². The van der Waals surface area contributed by atoms with Gasteiger partial charge in [0.05, 0.1) is 0 Å². The fourth-order valence-electron chi connectivity index (χ4n) is 0.877. The first kappa shape index (κ1) is 9.25. The molecule has 0 fully saturated rings. The Labute approximate surface area is 74.7 Å². The summed E-state index contributed by atoms with van der Waals surface area (Å²) in [5.41, 5.74) is 0.354. The van der Waals surface area contributed by atoms with E-state index in [1.165, 1.54) is 18.2 Å². The van der Waals surface area contributed by atoms with E-state index >= 15 is 0 Å². The Bertz CT molecular complexity index is 301. The van der Waals surface area contributed by atoms with Crippen molar-refractivity contribution in [2.24, 2.45) is 0 Å². The molecule has 0 aliphatic carbocycles. The van der Waals surface area contributed by atoms with E-state index in [-0.39, 0.29) is 11.0 Å². The summed E-state index contributed by atoms with van der Waals surface area (Å²) in [7, 11) is -1.66. The number of benzene rings is 1. The third-order valence-electron chi connectivity index (χ3n) is 1.45. The molecule has 0 aromatic heterocycles. The van der Waals surface area contributed by atoms with Gasteiger partial charge in [0.25, 0.3) is 0 Å². The van der Waals surface area contributed by atoms with E-state index < -0.39 is 7.12 Å². The molecule has 0 unspecified atom stereocenters. The predicted octanol–water partition coefficient (Wildman–Crippen LogP) is -0.168. The molecule has 12 heavy (non-hydrogen) atoms. The van der Waals surface area contributed by atoms with Crippen LogP contribution in [-0.4, -0.2) is 23.5 Å². The van der Waals surface area contributed by atoms with Crippen molar-refractivity contribution in [2.45, 2.75) is 0 Å². The van der Waals surface area contributed by atoms with Crippen LogP contribution < -0.4 is 5.46 Å². The van der Waals surface area contributed by atoms with Gasteiger partial charge in [-0.3, -0.25) is 4.79 Å². The maximum Gasteiger partial charge on any atom is 0.489 e. The zero-order chi connectivity index (χ0) is 9.14. The lowest BCUT2D eigenvalue weighted by Crippen LogP contribution is -2.32. The van der Waals surface area contributed by atoms with Crippen LogP contribution in [-0.2, 0) is 0 Å². The number of carbonyl (C=O) groups is 1. The molecule has 5 heteroatoms. The average Bonchev–Trinajstić information content (AvgIpc) is 2.04. The molecule has 1 aromatic rings. The summed E-state index contributed by atoms with van der Waals surface area (Å²) in [4.78, 5) is 10.4. The van der Waals surface area contributed by atoms with Gasteiger partial charge in [0, 0.05) is 10.6 Å². The summed E-state index contributed by atoms with van der Waals surface area (Å²) in [6.45, 7) is 0. The van der Waals surface area contributed by atoms with Crippen LogP contribution in [0.15, 0.2) is 18.2 Å². The zero-order valence-corrected chi connectivity index (χ0v) is 6.82. The summed E-state index contributed by atoms with van der Waals surface area (Å²) in [6, 6.07) is 4.29. The number of hydrogen-bond acceptors (Lipinski definition) is 3. The molecule has 0 aliphatic rings. The third-order valence-corrected chi connectivity index (χ3v) is 1.69. The number of carbonyl (C=O) groups excluding carboxylic acids is 1. The summed E-state index contributed by atoms with van der Waals surface area (Å²) >= 11 is 5.58. The molecular weight excluding hydrogens is 178 g/mol. The Kier molecular flexibility index (Phi) is 2.86. The van der Waals surface area contributed by atoms with Crippen molar-refractivity contribution in [2.75, 3.05) is 0 Å². The van der Waals surface area contributed by atoms with Crippen LogP contribution in [0.2, 0.25) is 5.02 Å². The summed E-state index contributed by atoms with van der Waals surface area (Å²) in [5, 5.41) is 18.0. The fraction of sp³-hybridized carbons (Fsp3) is 0. The first-order valence-corrected chi connectivity index (χ1v) is 3.63. The van der Waals surface area contributed by atoms with Crippen LogP contribution >= 0.6 is 11.6 Å². The second-order valence-electron chi connectivity index (χ2n) is 2.26. The SMILES string of the molecule is O=Cc1ccc(Cl)cc1B(O)O. The molecule has 0 bridgehead atoms. The van der Waals surface area contributed by atoms with E-state index in [1.807, 2.05) is 0 Å². The van der Waals surface area contributed by atoms with Crippen LogP contribution in [0.4, 0.5) is 0 Å². The summed E-state index contributed by atoms with van der Waals surface area (Å²) < 4.78 is 0. The molecule has 0 aliphatic heterocycles. The number of rotatable bonds is 2. The van der Waals surface area contributed by atoms with Crippen molar-refractivity contribution in [1.29, 1.82) is 0 Å². The maximum atomic E-state index is 10.4. The number of hydrogen-bond donors (Lipinski definition) is 2. The number of aldehydes is 1. The van der Waals surface area contributed by atoms with Crippen molar-refractivity contribution in [3.05, 3.63) is 28.8 Å². The smallest absolute Gasteiger partial charge is 0.423 e. The van der Waals surface area contributed by atoms with Gasteiger partial charge in [0.15, 0.2) is 0 Å². The molecule has 62 valence electrons. The molecule has 0 radical (unpaired) electrons. The molecule has 0 atom stereocenters. The molecule has 2 N–H and O–H groups in total. The lowest BCUT2D eigenvalue weighted by molar-refractivity contribution is 0.112. The Morgan fingerprint density at radius 1 is 1.42 bits per heavy atom. The normalized spacial score (nSPS) is 9.58. The van der Waals surface area contributed by atoms with Crippen molar-refractivity contribution in [1.82, 2.24) is 0 Å². The Morgan fingerprint density at radius 2 is 2.08 bits per heavy atom. The van der Waals surface area contributed by atoms with E-state index in [0.717, 1.165) is 0 Å². The zero-order valence-electron chi connectivity index (χ0n) is 6.07. The van der Waals surface area contributed by atoms with Crippen LogP contribution in [0.25, 0.3) is 0 Å². The highest BCUT2D eigenvalue weighted by atomic mass is 35.5. The molecule has 1 rings (SSSR count). The maximum absolute atomic E-state index is 10.4. The van der Waals surface area contributed by atoms with Crippen molar-refractivity contribution >= 4 is 30.5 Å². The van der Waals surface area contributed by atoms with Gasteiger partial charge in [-0.05, 0) is 17.6 Å². The third kappa shape index (κ3) is 1.85. The van der Waals surface area contributed by atoms with Crippen molar-refractivity contribution in [3.63, 3.8) is 0 Å². The summed E-state index contributed by atoms with van der Waals surface area (Å²) in [6.07, 6.45) is 0.547. The highest BCUT2D eigenvalue weighted by molar-refractivity contribution is 6.60. The molecule has 0 saturated heterocycles. The predicted molar refractivity (Wildman–Crippen MR) is 46.7 cm³/mol. The molecule has 3 nitrogen and oxygen atoms in total. The standard InChI is InChI=1S/C7H6BClO3/c9-6-2-1-5(4-10)7(3-6)8(11)12/h1-4,11-12H. The minimum absolute atomic E-state index is 0.123. The summed E-state index contributed by atoms with van der Waals surface area (Å²) in [5.74, 6) is 0. The highest BCUT2D eigenvalue weighted by Crippen LogP contribution is 2.06. The van der Waals surface area contributed by atoms with Crippen molar-refractivity contribution < 1.29 is 14.8 Å². The molecule has 0 amide bonds. The van der Waals surface area contributed by atoms with Gasteiger partial charge in [0.2, 0.25) is 0 Å². The van der Waals surface area contributed by atoms with Gasteiger partial charge < -0.3 is 10.0 Å². The number of halogens is 1. The van der Waals surface area contributed by atoms with Crippen molar-refractivity contribution in [3.8, 4) is 0 Å². The molecule has 1 aromatic carbocycles. The molecule has 0 spiro atoms. The lowest BCUT2D eigenvalue weighted by atomic mass is 9.77. The highest BCUT2D eigenvalue weighted by Gasteiger charge is 2.15.